The molecule has 0 saturated carbocycles. The molecule has 0 rings (SSSR count). The van der Waals surface area contributed by atoms with Gasteiger partial charge in [0.25, 0.3) is 0 Å². The van der Waals surface area contributed by atoms with E-state index in [9.17, 15) is 4.57 Å². The molecule has 0 bridgehead atoms. The lowest BCUT2D eigenvalue weighted by atomic mass is 10.7. The maximum Gasteiger partial charge on any atom is 0.363 e. The van der Waals surface area contributed by atoms with E-state index < -0.39 is 15.3 Å². The number of rotatable bonds is 10. The van der Waals surface area contributed by atoms with Crippen LogP contribution in [-0.2, 0) is 18.1 Å². The zero-order valence-corrected chi connectivity index (χ0v) is 15.5. The molecule has 0 aliphatic rings. The van der Waals surface area contributed by atoms with Crippen LogP contribution >= 0.6 is 15.3 Å². The standard InChI is InChI=1S/C11H29N3O4P2/c1-8-13(9-2)19(15,14(10-3)11-4)12-20(16-5,17-6)18-7/h8-11H2,1-7H3. The van der Waals surface area contributed by atoms with E-state index in [4.69, 9.17) is 13.6 Å². The molecule has 0 heterocycles. The molecule has 0 aromatic carbocycles. The summed E-state index contributed by atoms with van der Waals surface area (Å²) in [5.74, 6) is 0. The van der Waals surface area contributed by atoms with E-state index in [-0.39, 0.29) is 0 Å². The van der Waals surface area contributed by atoms with Crippen molar-refractivity contribution in [2.24, 2.45) is 4.52 Å². The van der Waals surface area contributed by atoms with Crippen LogP contribution in [0.15, 0.2) is 4.52 Å². The van der Waals surface area contributed by atoms with Gasteiger partial charge in [-0.1, -0.05) is 27.7 Å². The molecule has 0 radical (unpaired) electrons. The molecule has 0 unspecified atom stereocenters. The van der Waals surface area contributed by atoms with Crippen LogP contribution in [-0.4, -0.2) is 56.8 Å². The van der Waals surface area contributed by atoms with E-state index in [1.54, 1.807) is 0 Å². The summed E-state index contributed by atoms with van der Waals surface area (Å²) >= 11 is 0. The maximum atomic E-state index is 13.5. The van der Waals surface area contributed by atoms with Gasteiger partial charge in [-0.2, -0.15) is 0 Å². The van der Waals surface area contributed by atoms with Crippen LogP contribution < -0.4 is 0 Å². The third-order valence-corrected chi connectivity index (χ3v) is 8.91. The third kappa shape index (κ3) is 4.38. The van der Waals surface area contributed by atoms with E-state index in [1.807, 2.05) is 37.0 Å². The minimum atomic E-state index is -3.14. The first-order valence-electron chi connectivity index (χ1n) is 6.85. The van der Waals surface area contributed by atoms with Crippen molar-refractivity contribution < 1.29 is 18.1 Å². The number of hydrogen-bond acceptors (Lipinski definition) is 4. The molecular weight excluding hydrogens is 300 g/mol. The summed E-state index contributed by atoms with van der Waals surface area (Å²) in [4.78, 5) is 0. The molecule has 0 amide bonds. The van der Waals surface area contributed by atoms with Crippen LogP contribution in [0, 0.1) is 0 Å². The second-order valence-corrected chi connectivity index (χ2v) is 8.80. The van der Waals surface area contributed by atoms with Crippen molar-refractivity contribution >= 4 is 15.3 Å². The van der Waals surface area contributed by atoms with Gasteiger partial charge in [0.05, 0.1) is 0 Å². The molecule has 0 aromatic heterocycles. The number of hydrogen-bond donors (Lipinski definition) is 0. The molecule has 0 aliphatic carbocycles. The summed E-state index contributed by atoms with van der Waals surface area (Å²) in [6.07, 6.45) is 0. The van der Waals surface area contributed by atoms with Crippen molar-refractivity contribution in [1.82, 2.24) is 9.34 Å². The smallest absolute Gasteiger partial charge is 0.306 e. The molecule has 20 heavy (non-hydrogen) atoms. The zero-order chi connectivity index (χ0) is 15.8. The average molecular weight is 329 g/mol. The Balaban J connectivity index is 6.01. The van der Waals surface area contributed by atoms with Crippen molar-refractivity contribution in [3.63, 3.8) is 0 Å². The average Bonchev–Trinajstić information content (AvgIpc) is 2.47. The highest BCUT2D eigenvalue weighted by Gasteiger charge is 2.38. The number of nitrogens with zero attached hydrogens (tertiary/aromatic N) is 3. The summed E-state index contributed by atoms with van der Waals surface area (Å²) in [5.41, 5.74) is 0. The van der Waals surface area contributed by atoms with Crippen LogP contribution in [0.2, 0.25) is 0 Å². The normalized spacial score (nSPS) is 13.2. The molecule has 7 nitrogen and oxygen atoms in total. The second kappa shape index (κ2) is 9.31. The summed E-state index contributed by atoms with van der Waals surface area (Å²) in [6.45, 7) is 10.4. The van der Waals surface area contributed by atoms with E-state index in [2.05, 4.69) is 4.52 Å². The Morgan fingerprint density at radius 3 is 1.30 bits per heavy atom. The van der Waals surface area contributed by atoms with Crippen LogP contribution in [0.25, 0.3) is 0 Å². The van der Waals surface area contributed by atoms with E-state index >= 15 is 0 Å². The lowest BCUT2D eigenvalue weighted by Crippen LogP contribution is -2.31. The van der Waals surface area contributed by atoms with Crippen LogP contribution in [0.4, 0.5) is 0 Å². The maximum absolute atomic E-state index is 13.5. The Morgan fingerprint density at radius 2 is 1.10 bits per heavy atom. The Morgan fingerprint density at radius 1 is 0.800 bits per heavy atom. The van der Waals surface area contributed by atoms with Gasteiger partial charge in [0.2, 0.25) is 0 Å². The van der Waals surface area contributed by atoms with Gasteiger partial charge in [0, 0.05) is 47.5 Å². The predicted molar refractivity (Wildman–Crippen MR) is 83.8 cm³/mol. The van der Waals surface area contributed by atoms with Gasteiger partial charge >= 0.3 is 15.3 Å². The Bertz CT molecular complexity index is 336. The molecule has 0 aromatic rings. The zero-order valence-electron chi connectivity index (χ0n) is 13.7. The van der Waals surface area contributed by atoms with E-state index in [1.165, 1.54) is 21.3 Å². The first-order valence-corrected chi connectivity index (χ1v) is 9.91. The van der Waals surface area contributed by atoms with Crippen LogP contribution in [0.5, 0.6) is 0 Å². The minimum Gasteiger partial charge on any atom is -0.306 e. The fourth-order valence-electron chi connectivity index (χ4n) is 1.95. The topological polar surface area (TPSA) is 63.6 Å². The molecule has 0 spiro atoms. The van der Waals surface area contributed by atoms with Gasteiger partial charge in [0.15, 0.2) is 0 Å². The largest absolute Gasteiger partial charge is 0.363 e. The van der Waals surface area contributed by atoms with E-state index in [0.29, 0.717) is 26.2 Å². The van der Waals surface area contributed by atoms with Gasteiger partial charge in [-0.15, -0.1) is 4.52 Å². The predicted octanol–water partition coefficient (Wildman–Crippen LogP) is 3.66. The molecule has 0 N–H and O–H groups in total. The van der Waals surface area contributed by atoms with Gasteiger partial charge < -0.3 is 13.6 Å². The van der Waals surface area contributed by atoms with Gasteiger partial charge in [0.1, 0.15) is 0 Å². The lowest BCUT2D eigenvalue weighted by molar-refractivity contribution is 0.224. The molecular formula is C11H29N3O4P2. The highest BCUT2D eigenvalue weighted by molar-refractivity contribution is 7.66. The van der Waals surface area contributed by atoms with Crippen molar-refractivity contribution in [3.8, 4) is 0 Å². The van der Waals surface area contributed by atoms with Crippen molar-refractivity contribution in [1.29, 1.82) is 0 Å². The monoisotopic (exact) mass is 329 g/mol. The SMILES string of the molecule is CCN(CC)P(=O)(N=P(OC)(OC)OC)N(CC)CC. The Labute approximate surface area is 123 Å². The minimum absolute atomic E-state index is 0.630. The molecule has 0 aliphatic heterocycles. The summed E-state index contributed by atoms with van der Waals surface area (Å²) in [7, 11) is -1.71. The highest BCUT2D eigenvalue weighted by atomic mass is 31.2. The first-order chi connectivity index (χ1) is 9.43. The summed E-state index contributed by atoms with van der Waals surface area (Å²) in [5, 5.41) is 0. The lowest BCUT2D eigenvalue weighted by Gasteiger charge is -2.35. The third-order valence-electron chi connectivity index (χ3n) is 3.12. The van der Waals surface area contributed by atoms with Gasteiger partial charge in [-0.3, -0.25) is 4.57 Å². The van der Waals surface area contributed by atoms with Crippen molar-refractivity contribution in [2.45, 2.75) is 27.7 Å². The van der Waals surface area contributed by atoms with Gasteiger partial charge in [-0.25, -0.2) is 9.34 Å². The highest BCUT2D eigenvalue weighted by Crippen LogP contribution is 2.65. The quantitative estimate of drug-likeness (QED) is 0.570. The molecule has 0 atom stereocenters. The molecule has 9 heteroatoms. The molecule has 0 fully saturated rings. The Kier molecular flexibility index (Phi) is 9.43. The fourth-order valence-corrected chi connectivity index (χ4v) is 7.15. The van der Waals surface area contributed by atoms with Crippen molar-refractivity contribution in [3.05, 3.63) is 0 Å². The van der Waals surface area contributed by atoms with Crippen LogP contribution in [0.3, 0.4) is 0 Å². The summed E-state index contributed by atoms with van der Waals surface area (Å²) < 4.78 is 37.5. The first kappa shape index (κ1) is 20.3. The Hall–Kier alpha value is 0.260. The van der Waals surface area contributed by atoms with Crippen molar-refractivity contribution in [2.75, 3.05) is 47.5 Å². The summed E-state index contributed by atoms with van der Waals surface area (Å²) in [6, 6.07) is 0. The van der Waals surface area contributed by atoms with Gasteiger partial charge in [-0.05, 0) is 0 Å². The fraction of sp³-hybridized carbons (Fsp3) is 1.00. The molecule has 122 valence electrons. The van der Waals surface area contributed by atoms with E-state index in [0.717, 1.165) is 0 Å². The second-order valence-electron chi connectivity index (χ2n) is 3.90. The van der Waals surface area contributed by atoms with Crippen LogP contribution in [0.1, 0.15) is 27.7 Å². The molecule has 0 saturated heterocycles.